The number of nitrogens with one attached hydrogen (secondary N) is 1. The molecule has 0 fully saturated rings. The Hall–Kier alpha value is -2.27. The van der Waals surface area contributed by atoms with E-state index in [2.05, 4.69) is 5.32 Å². The van der Waals surface area contributed by atoms with Gasteiger partial charge in [0.05, 0.1) is 26.9 Å². The van der Waals surface area contributed by atoms with Crippen LogP contribution in [0.4, 0.5) is 11.4 Å². The molecule has 2 aromatic rings. The summed E-state index contributed by atoms with van der Waals surface area (Å²) in [5, 5.41) is 23.3. The molecule has 1 N–H and O–H groups in total. The predicted octanol–water partition coefficient (Wildman–Crippen LogP) is 4.50. The van der Waals surface area contributed by atoms with Crippen molar-refractivity contribution >= 4 is 52.2 Å². The smallest absolute Gasteiger partial charge is 0.270 e. The molecule has 0 radical (unpaired) electrons. The summed E-state index contributed by atoms with van der Waals surface area (Å²) in [4.78, 5) is 22.8. The molecule has 0 aliphatic rings. The number of nitro benzene ring substituents is 1. The Labute approximate surface area is 151 Å². The van der Waals surface area contributed by atoms with E-state index in [1.807, 2.05) is 6.07 Å². The number of thioether (sulfide) groups is 1. The Bertz CT molecular complexity index is 852. The van der Waals surface area contributed by atoms with E-state index in [0.717, 1.165) is 6.07 Å². The molecule has 122 valence electrons. The van der Waals surface area contributed by atoms with Crippen molar-refractivity contribution in [1.82, 2.24) is 0 Å². The highest BCUT2D eigenvalue weighted by Gasteiger charge is 2.13. The van der Waals surface area contributed by atoms with E-state index in [1.165, 1.54) is 23.9 Å². The van der Waals surface area contributed by atoms with Crippen LogP contribution in [-0.4, -0.2) is 16.6 Å². The van der Waals surface area contributed by atoms with Crippen molar-refractivity contribution in [3.63, 3.8) is 0 Å². The molecule has 0 bridgehead atoms. The molecular weight excluding hydrogens is 373 g/mol. The minimum Gasteiger partial charge on any atom is -0.324 e. The summed E-state index contributed by atoms with van der Waals surface area (Å²) in [7, 11) is 0. The maximum Gasteiger partial charge on any atom is 0.270 e. The zero-order chi connectivity index (χ0) is 17.7. The van der Waals surface area contributed by atoms with E-state index >= 15 is 0 Å². The minimum absolute atomic E-state index is 0.0170. The van der Waals surface area contributed by atoms with Gasteiger partial charge in [0.2, 0.25) is 5.91 Å². The number of hydrogen-bond acceptors (Lipinski definition) is 5. The van der Waals surface area contributed by atoms with Crippen LogP contribution in [0.15, 0.2) is 41.3 Å². The van der Waals surface area contributed by atoms with Crippen molar-refractivity contribution in [2.75, 3.05) is 11.1 Å². The van der Waals surface area contributed by atoms with Crippen LogP contribution >= 0.6 is 35.0 Å². The highest BCUT2D eigenvalue weighted by atomic mass is 35.5. The second-order valence-corrected chi connectivity index (χ2v) is 6.37. The molecule has 0 saturated carbocycles. The largest absolute Gasteiger partial charge is 0.324 e. The molecular formula is C15H9Cl2N3O3S. The number of amides is 1. The van der Waals surface area contributed by atoms with Crippen LogP contribution < -0.4 is 5.32 Å². The third kappa shape index (κ3) is 4.61. The number of nitro groups is 1. The molecule has 24 heavy (non-hydrogen) atoms. The van der Waals surface area contributed by atoms with E-state index in [1.54, 1.807) is 18.2 Å². The zero-order valence-corrected chi connectivity index (χ0v) is 14.3. The van der Waals surface area contributed by atoms with Crippen LogP contribution in [0, 0.1) is 21.4 Å². The van der Waals surface area contributed by atoms with Crippen molar-refractivity contribution in [1.29, 1.82) is 5.26 Å². The van der Waals surface area contributed by atoms with Gasteiger partial charge < -0.3 is 5.32 Å². The number of carbonyl (C=O) groups is 1. The SMILES string of the molecule is N#Cc1cc([N+](=O)[O-])ccc1NC(=O)CSc1cc(Cl)ccc1Cl. The summed E-state index contributed by atoms with van der Waals surface area (Å²) < 4.78 is 0. The first kappa shape index (κ1) is 18.1. The van der Waals surface area contributed by atoms with Gasteiger partial charge >= 0.3 is 0 Å². The van der Waals surface area contributed by atoms with Crippen LogP contribution in [0.5, 0.6) is 0 Å². The van der Waals surface area contributed by atoms with Gasteiger partial charge in [0.15, 0.2) is 0 Å². The van der Waals surface area contributed by atoms with Gasteiger partial charge in [-0.25, -0.2) is 0 Å². The monoisotopic (exact) mass is 381 g/mol. The second kappa shape index (κ2) is 8.02. The average molecular weight is 382 g/mol. The first-order valence-corrected chi connectivity index (χ1v) is 8.21. The number of carbonyl (C=O) groups excluding carboxylic acids is 1. The fourth-order valence-electron chi connectivity index (χ4n) is 1.76. The predicted molar refractivity (Wildman–Crippen MR) is 93.6 cm³/mol. The third-order valence-electron chi connectivity index (χ3n) is 2.86. The lowest BCUT2D eigenvalue weighted by Gasteiger charge is -2.08. The number of nitrogens with zero attached hydrogens (tertiary/aromatic N) is 2. The summed E-state index contributed by atoms with van der Waals surface area (Å²) in [5.74, 6) is -0.330. The Balaban J connectivity index is 2.06. The highest BCUT2D eigenvalue weighted by Crippen LogP contribution is 2.30. The molecule has 0 aromatic heterocycles. The molecule has 0 saturated heterocycles. The Morgan fingerprint density at radius 1 is 1.29 bits per heavy atom. The van der Waals surface area contributed by atoms with Gasteiger partial charge in [-0.3, -0.25) is 14.9 Å². The van der Waals surface area contributed by atoms with Gasteiger partial charge in [0, 0.05) is 22.1 Å². The molecule has 9 heteroatoms. The second-order valence-electron chi connectivity index (χ2n) is 4.51. The van der Waals surface area contributed by atoms with Gasteiger partial charge in [-0.2, -0.15) is 5.26 Å². The summed E-state index contributed by atoms with van der Waals surface area (Å²) in [6.45, 7) is 0. The van der Waals surface area contributed by atoms with Crippen molar-refractivity contribution in [2.45, 2.75) is 4.90 Å². The van der Waals surface area contributed by atoms with E-state index in [-0.39, 0.29) is 28.6 Å². The number of benzene rings is 2. The lowest BCUT2D eigenvalue weighted by Crippen LogP contribution is -2.15. The molecule has 0 aliphatic heterocycles. The van der Waals surface area contributed by atoms with Gasteiger partial charge in [0.25, 0.3) is 5.69 Å². The molecule has 0 atom stereocenters. The molecule has 0 aliphatic carbocycles. The Morgan fingerprint density at radius 3 is 2.71 bits per heavy atom. The molecule has 0 heterocycles. The first-order chi connectivity index (χ1) is 11.4. The molecule has 0 spiro atoms. The zero-order valence-electron chi connectivity index (χ0n) is 12.0. The highest BCUT2D eigenvalue weighted by molar-refractivity contribution is 8.00. The van der Waals surface area contributed by atoms with Crippen LogP contribution in [0.25, 0.3) is 0 Å². The van der Waals surface area contributed by atoms with E-state index in [9.17, 15) is 14.9 Å². The fraction of sp³-hybridized carbons (Fsp3) is 0.0667. The number of non-ortho nitro benzene ring substituents is 1. The first-order valence-electron chi connectivity index (χ1n) is 6.47. The van der Waals surface area contributed by atoms with Crippen molar-refractivity contribution in [3.05, 3.63) is 62.1 Å². The standard InChI is InChI=1S/C15H9Cl2N3O3S/c16-10-1-3-12(17)14(6-10)24-8-15(21)19-13-4-2-11(20(22)23)5-9(13)7-18/h1-6H,8H2,(H,19,21). The van der Waals surface area contributed by atoms with Gasteiger partial charge in [-0.15, -0.1) is 11.8 Å². The quantitative estimate of drug-likeness (QED) is 0.467. The van der Waals surface area contributed by atoms with Crippen LogP contribution in [0.1, 0.15) is 5.56 Å². The van der Waals surface area contributed by atoms with Gasteiger partial charge in [-0.05, 0) is 24.3 Å². The Morgan fingerprint density at radius 2 is 2.04 bits per heavy atom. The number of rotatable bonds is 5. The van der Waals surface area contributed by atoms with E-state index < -0.39 is 4.92 Å². The van der Waals surface area contributed by atoms with Gasteiger partial charge in [-0.1, -0.05) is 23.2 Å². The number of hydrogen-bond donors (Lipinski definition) is 1. The minimum atomic E-state index is -0.608. The molecule has 2 rings (SSSR count). The Kier molecular flexibility index (Phi) is 6.04. The average Bonchev–Trinajstić information content (AvgIpc) is 2.55. The molecule has 6 nitrogen and oxygen atoms in total. The van der Waals surface area contributed by atoms with Crippen molar-refractivity contribution in [3.8, 4) is 6.07 Å². The number of halogens is 2. The topological polar surface area (TPSA) is 96.0 Å². The van der Waals surface area contributed by atoms with Crippen LogP contribution in [0.3, 0.4) is 0 Å². The third-order valence-corrected chi connectivity index (χ3v) is 4.59. The molecule has 2 aromatic carbocycles. The fourth-order valence-corrected chi connectivity index (χ4v) is 3.06. The summed E-state index contributed by atoms with van der Waals surface area (Å²) in [6, 6.07) is 10.4. The summed E-state index contributed by atoms with van der Waals surface area (Å²) in [5.41, 5.74) is 0.0128. The number of nitriles is 1. The van der Waals surface area contributed by atoms with E-state index in [4.69, 9.17) is 28.5 Å². The maximum atomic E-state index is 12.0. The van der Waals surface area contributed by atoms with E-state index in [0.29, 0.717) is 14.9 Å². The lowest BCUT2D eigenvalue weighted by atomic mass is 10.1. The van der Waals surface area contributed by atoms with Crippen molar-refractivity contribution < 1.29 is 9.72 Å². The molecule has 1 amide bonds. The summed E-state index contributed by atoms with van der Waals surface area (Å²) >= 11 is 13.1. The van der Waals surface area contributed by atoms with Crippen molar-refractivity contribution in [2.24, 2.45) is 0 Å². The lowest BCUT2D eigenvalue weighted by molar-refractivity contribution is -0.384. The maximum absolute atomic E-state index is 12.0. The molecule has 0 unspecified atom stereocenters. The summed E-state index contributed by atoms with van der Waals surface area (Å²) in [6.07, 6.45) is 0. The normalized spacial score (nSPS) is 10.0. The van der Waals surface area contributed by atoms with Crippen LogP contribution in [-0.2, 0) is 4.79 Å². The number of anilines is 1. The van der Waals surface area contributed by atoms with Gasteiger partial charge in [0.1, 0.15) is 6.07 Å². The van der Waals surface area contributed by atoms with Crippen LogP contribution in [0.2, 0.25) is 10.0 Å².